The fourth-order valence-corrected chi connectivity index (χ4v) is 3.18. The van der Waals surface area contributed by atoms with Crippen molar-refractivity contribution in [1.82, 2.24) is 15.4 Å². The third-order valence-corrected chi connectivity index (χ3v) is 4.17. The first-order chi connectivity index (χ1) is 11.0. The van der Waals surface area contributed by atoms with Crippen molar-refractivity contribution in [3.8, 4) is 0 Å². The molecule has 0 unspecified atom stereocenters. The molecule has 0 radical (unpaired) electrons. The number of para-hydroxylation sites is 1. The summed E-state index contributed by atoms with van der Waals surface area (Å²) in [7, 11) is 1.92. The van der Waals surface area contributed by atoms with E-state index in [4.69, 9.17) is 11.7 Å². The Hall–Kier alpha value is -2.90. The lowest BCUT2D eigenvalue weighted by Gasteiger charge is -2.13. The Labute approximate surface area is 132 Å². The summed E-state index contributed by atoms with van der Waals surface area (Å²) in [4.78, 5) is 24.3. The van der Waals surface area contributed by atoms with Gasteiger partial charge in [0.2, 0.25) is 0 Å². The summed E-state index contributed by atoms with van der Waals surface area (Å²) in [5.74, 6) is 9.46. The smallest absolute Gasteiger partial charge is 0.266 e. The Kier molecular flexibility index (Phi) is 3.51. The van der Waals surface area contributed by atoms with Crippen LogP contribution in [0, 0.1) is 6.92 Å². The lowest BCUT2D eigenvalue weighted by molar-refractivity contribution is 0.0919. The summed E-state index contributed by atoms with van der Waals surface area (Å²) < 4.78 is 2.00. The van der Waals surface area contributed by atoms with Crippen molar-refractivity contribution < 1.29 is 9.59 Å². The second-order valence-corrected chi connectivity index (χ2v) is 5.34. The summed E-state index contributed by atoms with van der Waals surface area (Å²) in [5.41, 5.74) is 7.13. The van der Waals surface area contributed by atoms with Gasteiger partial charge in [-0.25, -0.2) is 11.7 Å². The largest absolute Gasteiger partial charge is 0.343 e. The maximum Gasteiger partial charge on any atom is 0.266 e. The molecule has 0 atom stereocenters. The molecule has 0 spiro atoms. The van der Waals surface area contributed by atoms with Gasteiger partial charge in [0.05, 0.1) is 16.6 Å². The van der Waals surface area contributed by atoms with E-state index in [2.05, 4.69) is 10.9 Å². The molecule has 3 aromatic rings. The molecule has 0 bridgehead atoms. The number of nitrogens with two attached hydrogens (primary N) is 2. The monoisotopic (exact) mass is 311 g/mol. The molecule has 2 aromatic carbocycles. The number of hydrogen-bond acceptors (Lipinski definition) is 4. The lowest BCUT2D eigenvalue weighted by Crippen LogP contribution is -2.36. The Morgan fingerprint density at radius 3 is 2.35 bits per heavy atom. The molecular formula is C16H17N5O2. The van der Waals surface area contributed by atoms with Gasteiger partial charge in [0.1, 0.15) is 0 Å². The van der Waals surface area contributed by atoms with Crippen LogP contribution in [-0.2, 0) is 7.05 Å². The fraction of sp³-hybridized carbons (Fsp3) is 0.125. The van der Waals surface area contributed by atoms with E-state index in [1.165, 1.54) is 0 Å². The SMILES string of the molecule is Cc1c(C(=O)NN)c(C(=O)NN)cc2c3ccccc3n(C)c12. The van der Waals surface area contributed by atoms with Crippen LogP contribution in [0.1, 0.15) is 26.3 Å². The van der Waals surface area contributed by atoms with Gasteiger partial charge >= 0.3 is 0 Å². The molecule has 0 saturated heterocycles. The molecule has 0 fully saturated rings. The minimum atomic E-state index is -0.540. The Morgan fingerprint density at radius 2 is 1.70 bits per heavy atom. The highest BCUT2D eigenvalue weighted by Crippen LogP contribution is 2.33. The molecule has 0 aliphatic heterocycles. The van der Waals surface area contributed by atoms with E-state index in [1.54, 1.807) is 13.0 Å². The molecule has 0 aliphatic carbocycles. The van der Waals surface area contributed by atoms with Gasteiger partial charge in [0.25, 0.3) is 11.8 Å². The molecule has 0 aliphatic rings. The van der Waals surface area contributed by atoms with Gasteiger partial charge in [-0.05, 0) is 24.6 Å². The molecular weight excluding hydrogens is 294 g/mol. The third-order valence-electron chi connectivity index (χ3n) is 4.17. The van der Waals surface area contributed by atoms with E-state index in [0.29, 0.717) is 5.56 Å². The number of amides is 2. The molecule has 1 heterocycles. The number of nitrogens with zero attached hydrogens (tertiary/aromatic N) is 1. The van der Waals surface area contributed by atoms with Crippen LogP contribution >= 0.6 is 0 Å². The number of aromatic nitrogens is 1. The Morgan fingerprint density at radius 1 is 1.04 bits per heavy atom. The van der Waals surface area contributed by atoms with Gasteiger partial charge in [-0.15, -0.1) is 0 Å². The van der Waals surface area contributed by atoms with E-state index >= 15 is 0 Å². The van der Waals surface area contributed by atoms with Crippen molar-refractivity contribution in [2.75, 3.05) is 0 Å². The van der Waals surface area contributed by atoms with Crippen LogP contribution in [0.25, 0.3) is 21.8 Å². The molecule has 7 heteroatoms. The predicted molar refractivity (Wildman–Crippen MR) is 88.5 cm³/mol. The number of fused-ring (bicyclic) bond motifs is 3. The van der Waals surface area contributed by atoms with Crippen molar-refractivity contribution in [1.29, 1.82) is 0 Å². The van der Waals surface area contributed by atoms with Crippen molar-refractivity contribution >= 4 is 33.6 Å². The summed E-state index contributed by atoms with van der Waals surface area (Å²) in [6.07, 6.45) is 0. The molecule has 23 heavy (non-hydrogen) atoms. The standard InChI is InChI=1S/C16H17N5O2/c1-8-13(16(23)20-18)11(15(22)19-17)7-10-9-5-3-4-6-12(9)21(2)14(8)10/h3-7H,17-18H2,1-2H3,(H,19,22)(H,20,23). The van der Waals surface area contributed by atoms with E-state index < -0.39 is 11.8 Å². The first-order valence-electron chi connectivity index (χ1n) is 7.03. The highest BCUT2D eigenvalue weighted by atomic mass is 16.2. The van der Waals surface area contributed by atoms with Gasteiger partial charge in [0.15, 0.2) is 0 Å². The average Bonchev–Trinajstić information content (AvgIpc) is 2.86. The molecule has 118 valence electrons. The Balaban J connectivity index is 2.53. The topological polar surface area (TPSA) is 115 Å². The molecule has 6 N–H and O–H groups in total. The highest BCUT2D eigenvalue weighted by Gasteiger charge is 2.23. The second kappa shape index (κ2) is 5.38. The number of hydrazine groups is 2. The molecule has 3 rings (SSSR count). The van der Waals surface area contributed by atoms with Crippen molar-refractivity contribution in [3.05, 3.63) is 47.0 Å². The zero-order valence-corrected chi connectivity index (χ0v) is 12.8. The highest BCUT2D eigenvalue weighted by molar-refractivity contribution is 6.17. The van der Waals surface area contributed by atoms with E-state index in [-0.39, 0.29) is 11.1 Å². The van der Waals surface area contributed by atoms with E-state index in [1.807, 2.05) is 35.9 Å². The third kappa shape index (κ3) is 2.06. The summed E-state index contributed by atoms with van der Waals surface area (Å²) in [6, 6.07) is 9.51. The van der Waals surface area contributed by atoms with E-state index in [0.717, 1.165) is 21.8 Å². The van der Waals surface area contributed by atoms with Crippen LogP contribution < -0.4 is 22.5 Å². The zero-order valence-electron chi connectivity index (χ0n) is 12.8. The van der Waals surface area contributed by atoms with Crippen LogP contribution in [0.5, 0.6) is 0 Å². The van der Waals surface area contributed by atoms with Gasteiger partial charge in [0, 0.05) is 23.3 Å². The molecule has 0 saturated carbocycles. The maximum absolute atomic E-state index is 12.2. The second-order valence-electron chi connectivity index (χ2n) is 5.34. The van der Waals surface area contributed by atoms with Crippen molar-refractivity contribution in [2.45, 2.75) is 6.92 Å². The van der Waals surface area contributed by atoms with Crippen LogP contribution in [0.3, 0.4) is 0 Å². The van der Waals surface area contributed by atoms with Crippen LogP contribution in [0.15, 0.2) is 30.3 Å². The number of aryl methyl sites for hydroxylation is 2. The minimum absolute atomic E-state index is 0.191. The summed E-state index contributed by atoms with van der Waals surface area (Å²) in [5, 5.41) is 1.88. The average molecular weight is 311 g/mol. The quantitative estimate of drug-likeness (QED) is 0.319. The van der Waals surface area contributed by atoms with Gasteiger partial charge in [-0.2, -0.15) is 0 Å². The predicted octanol–water partition coefficient (Wildman–Crippen LogP) is 0.847. The number of nitrogen functional groups attached to an aromatic ring is 2. The normalized spacial score (nSPS) is 11.0. The number of carbonyl (C=O) groups is 2. The van der Waals surface area contributed by atoms with Gasteiger partial charge < -0.3 is 4.57 Å². The van der Waals surface area contributed by atoms with E-state index in [9.17, 15) is 9.59 Å². The zero-order chi connectivity index (χ0) is 16.7. The fourth-order valence-electron chi connectivity index (χ4n) is 3.18. The van der Waals surface area contributed by atoms with Gasteiger partial charge in [-0.1, -0.05) is 18.2 Å². The number of nitrogens with one attached hydrogen (secondary N) is 2. The van der Waals surface area contributed by atoms with Crippen LogP contribution in [0.2, 0.25) is 0 Å². The van der Waals surface area contributed by atoms with Crippen LogP contribution in [-0.4, -0.2) is 16.4 Å². The maximum atomic E-state index is 12.2. The number of hydrogen-bond donors (Lipinski definition) is 4. The number of benzene rings is 2. The van der Waals surface area contributed by atoms with Crippen LogP contribution in [0.4, 0.5) is 0 Å². The first-order valence-corrected chi connectivity index (χ1v) is 7.03. The van der Waals surface area contributed by atoms with Crippen molar-refractivity contribution in [2.24, 2.45) is 18.7 Å². The minimum Gasteiger partial charge on any atom is -0.343 e. The lowest BCUT2D eigenvalue weighted by atomic mass is 9.96. The molecule has 7 nitrogen and oxygen atoms in total. The number of rotatable bonds is 2. The first kappa shape index (κ1) is 15.0. The van der Waals surface area contributed by atoms with Crippen molar-refractivity contribution in [3.63, 3.8) is 0 Å². The summed E-state index contributed by atoms with van der Waals surface area (Å²) >= 11 is 0. The molecule has 2 amide bonds. The number of carbonyl (C=O) groups excluding carboxylic acids is 2. The molecule has 1 aromatic heterocycles. The summed E-state index contributed by atoms with van der Waals surface area (Å²) in [6.45, 7) is 1.79. The Bertz CT molecular complexity index is 958. The van der Waals surface area contributed by atoms with Gasteiger partial charge in [-0.3, -0.25) is 20.4 Å².